The summed E-state index contributed by atoms with van der Waals surface area (Å²) in [6, 6.07) is 7.68. The first-order valence-corrected chi connectivity index (χ1v) is 18.8. The fourth-order valence-corrected chi connectivity index (χ4v) is 7.20. The molecule has 1 aromatic carbocycles. The van der Waals surface area contributed by atoms with Crippen molar-refractivity contribution in [3.8, 4) is 11.6 Å². The number of carbonyl (C=O) groups is 3. The van der Waals surface area contributed by atoms with Crippen LogP contribution in [0.2, 0.25) is 0 Å². The van der Waals surface area contributed by atoms with Crippen molar-refractivity contribution in [1.29, 1.82) is 0 Å². The van der Waals surface area contributed by atoms with Gasteiger partial charge in [0.15, 0.2) is 5.75 Å². The van der Waals surface area contributed by atoms with E-state index in [0.29, 0.717) is 19.0 Å². The number of benzene rings is 1. The molecule has 0 bridgehead atoms. The quantitative estimate of drug-likeness (QED) is 0.143. The number of ether oxygens (including phenoxy) is 3. The highest BCUT2D eigenvalue weighted by Gasteiger charge is 2.37. The molecule has 2 aromatic heterocycles. The second-order valence-corrected chi connectivity index (χ2v) is 16.9. The molecular formula is C37H47F4N5O7S. The molecular weight excluding hydrogens is 734 g/mol. The lowest BCUT2D eigenvalue weighted by Crippen LogP contribution is -2.50. The molecule has 0 saturated heterocycles. The number of nitrogens with one attached hydrogen (secondary N) is 2. The fraction of sp³-hybridized carbons (Fsp3) is 0.486. The third-order valence-electron chi connectivity index (χ3n) is 8.10. The van der Waals surface area contributed by atoms with E-state index in [2.05, 4.69) is 25.0 Å². The van der Waals surface area contributed by atoms with Crippen LogP contribution < -0.4 is 15.4 Å². The fourth-order valence-electron chi connectivity index (χ4n) is 5.22. The Morgan fingerprint density at radius 2 is 1.56 bits per heavy atom. The molecule has 2 N–H and O–H groups in total. The highest BCUT2D eigenvalue weighted by atomic mass is 32.2. The number of alkyl carbamates (subject to hydrolysis) is 1. The zero-order valence-electron chi connectivity index (χ0n) is 32.0. The Bertz CT molecular complexity index is 2000. The highest BCUT2D eigenvalue weighted by molar-refractivity contribution is 7.94. The number of nitrogens with zero attached hydrogens (tertiary/aromatic N) is 3. The Kier molecular flexibility index (Phi) is 13.5. The number of anilines is 1. The Hall–Kier alpha value is -4.80. The predicted molar refractivity (Wildman–Crippen MR) is 195 cm³/mol. The van der Waals surface area contributed by atoms with Crippen LogP contribution in [0.5, 0.6) is 11.6 Å². The van der Waals surface area contributed by atoms with E-state index in [4.69, 9.17) is 14.2 Å². The number of rotatable bonds is 11. The van der Waals surface area contributed by atoms with Gasteiger partial charge in [-0.25, -0.2) is 23.8 Å². The maximum absolute atomic E-state index is 14.8. The summed E-state index contributed by atoms with van der Waals surface area (Å²) in [6.45, 7) is 16.1. The standard InChI is InChI=1S/C37H47F4N5O7S/c1-11-36(12-2,45-32(48)52-34(5,6)7)18-19-54(50,46-33(49)53-35(8,9)10)25-15-13-14-24(20-25)44-30(47)29-22(3)26(37(39,40)41)21-42-31(29)51-27-16-17-28(38)43-23(27)4/h13-17,20-21H,11-12,18-19H2,1-10H3,(H,44,47)(H,45,48). The van der Waals surface area contributed by atoms with Gasteiger partial charge in [-0.2, -0.15) is 17.6 Å². The van der Waals surface area contributed by atoms with Crippen molar-refractivity contribution in [1.82, 2.24) is 15.3 Å². The summed E-state index contributed by atoms with van der Waals surface area (Å²) in [5.41, 5.74) is -4.93. The summed E-state index contributed by atoms with van der Waals surface area (Å²) in [5.74, 6) is -2.71. The molecule has 54 heavy (non-hydrogen) atoms. The molecule has 0 aliphatic carbocycles. The monoisotopic (exact) mass is 781 g/mol. The Labute approximate surface area is 313 Å². The van der Waals surface area contributed by atoms with E-state index in [0.717, 1.165) is 13.0 Å². The molecule has 2 heterocycles. The molecule has 12 nitrogen and oxygen atoms in total. The summed E-state index contributed by atoms with van der Waals surface area (Å²) in [7, 11) is -3.69. The Morgan fingerprint density at radius 3 is 2.11 bits per heavy atom. The molecule has 0 aliphatic heterocycles. The average molecular weight is 782 g/mol. The summed E-state index contributed by atoms with van der Waals surface area (Å²) in [6.07, 6.45) is -5.26. The van der Waals surface area contributed by atoms with Crippen LogP contribution in [0.25, 0.3) is 0 Å². The summed E-state index contributed by atoms with van der Waals surface area (Å²) < 4.78 is 90.8. The van der Waals surface area contributed by atoms with Gasteiger partial charge in [0.1, 0.15) is 16.8 Å². The molecule has 0 saturated carbocycles. The van der Waals surface area contributed by atoms with E-state index in [1.165, 1.54) is 37.3 Å². The number of carbonyl (C=O) groups excluding carboxylic acids is 3. The van der Waals surface area contributed by atoms with E-state index < -0.39 is 79.3 Å². The van der Waals surface area contributed by atoms with Crippen LogP contribution in [0.1, 0.15) is 102 Å². The van der Waals surface area contributed by atoms with Gasteiger partial charge < -0.3 is 24.8 Å². The minimum absolute atomic E-state index is 0.00657. The summed E-state index contributed by atoms with van der Waals surface area (Å²) in [5, 5.41) is 5.40. The average Bonchev–Trinajstić information content (AvgIpc) is 3.02. The Morgan fingerprint density at radius 1 is 0.926 bits per heavy atom. The van der Waals surface area contributed by atoms with Crippen LogP contribution in [0.3, 0.4) is 0 Å². The van der Waals surface area contributed by atoms with Crippen LogP contribution in [0, 0.1) is 19.8 Å². The second-order valence-electron chi connectivity index (χ2n) is 14.6. The van der Waals surface area contributed by atoms with Gasteiger partial charge >= 0.3 is 18.4 Å². The van der Waals surface area contributed by atoms with E-state index in [9.17, 15) is 36.2 Å². The number of aromatic nitrogens is 2. The molecule has 17 heteroatoms. The third kappa shape index (κ3) is 11.9. The number of aryl methyl sites for hydroxylation is 1. The lowest BCUT2D eigenvalue weighted by Gasteiger charge is -2.34. The third-order valence-corrected chi connectivity index (χ3v) is 10.3. The van der Waals surface area contributed by atoms with Gasteiger partial charge in [-0.3, -0.25) is 4.79 Å². The number of hydrogen-bond donors (Lipinski definition) is 2. The largest absolute Gasteiger partial charge is 0.444 e. The lowest BCUT2D eigenvalue weighted by molar-refractivity contribution is -0.138. The number of halogens is 4. The number of amides is 3. The summed E-state index contributed by atoms with van der Waals surface area (Å²) >= 11 is 0. The first-order valence-electron chi connectivity index (χ1n) is 17.1. The molecule has 3 amide bonds. The van der Waals surface area contributed by atoms with Crippen molar-refractivity contribution in [3.05, 3.63) is 70.9 Å². The maximum Gasteiger partial charge on any atom is 0.442 e. The van der Waals surface area contributed by atoms with Crippen molar-refractivity contribution < 1.29 is 50.4 Å². The van der Waals surface area contributed by atoms with Crippen molar-refractivity contribution in [2.45, 2.75) is 116 Å². The van der Waals surface area contributed by atoms with Crippen LogP contribution in [0.4, 0.5) is 32.8 Å². The van der Waals surface area contributed by atoms with Gasteiger partial charge in [-0.05, 0) is 111 Å². The molecule has 1 unspecified atom stereocenters. The predicted octanol–water partition coefficient (Wildman–Crippen LogP) is 9.53. The molecule has 1 atom stereocenters. The zero-order chi connectivity index (χ0) is 40.9. The smallest absolute Gasteiger partial charge is 0.442 e. The van der Waals surface area contributed by atoms with Crippen molar-refractivity contribution in [2.75, 3.05) is 11.1 Å². The lowest BCUT2D eigenvalue weighted by atomic mass is 9.90. The topological polar surface area (TPSA) is 158 Å². The Balaban J connectivity index is 2.09. The van der Waals surface area contributed by atoms with Gasteiger partial charge in [0.25, 0.3) is 5.91 Å². The van der Waals surface area contributed by atoms with Crippen molar-refractivity contribution in [3.63, 3.8) is 0 Å². The molecule has 0 radical (unpaired) electrons. The first kappa shape index (κ1) is 43.6. The van der Waals surface area contributed by atoms with Crippen LogP contribution in [-0.2, 0) is 25.4 Å². The molecule has 0 aliphatic rings. The maximum atomic E-state index is 14.8. The van der Waals surface area contributed by atoms with Crippen molar-refractivity contribution >= 4 is 33.5 Å². The highest BCUT2D eigenvalue weighted by Crippen LogP contribution is 2.37. The SMILES string of the molecule is CCC(CC)(CCS(=O)(=NC(=O)OC(C)(C)C)c1cccc(NC(=O)c2c(Oc3ccc(F)nc3C)ncc(C(F)(F)F)c2C)c1)NC(=O)OC(C)(C)C. The molecule has 0 fully saturated rings. The summed E-state index contributed by atoms with van der Waals surface area (Å²) in [4.78, 5) is 47.0. The van der Waals surface area contributed by atoms with Gasteiger partial charge in [-0.1, -0.05) is 19.9 Å². The molecule has 3 rings (SSSR count). The van der Waals surface area contributed by atoms with E-state index in [1.54, 1.807) is 41.5 Å². The van der Waals surface area contributed by atoms with Gasteiger partial charge in [0, 0.05) is 23.2 Å². The molecule has 3 aromatic rings. The van der Waals surface area contributed by atoms with Crippen LogP contribution >= 0.6 is 0 Å². The van der Waals surface area contributed by atoms with E-state index in [-0.39, 0.29) is 34.2 Å². The number of alkyl halides is 3. The van der Waals surface area contributed by atoms with Gasteiger partial charge in [0.05, 0.1) is 25.9 Å². The van der Waals surface area contributed by atoms with Crippen LogP contribution in [-0.4, -0.2) is 54.8 Å². The zero-order valence-corrected chi connectivity index (χ0v) is 32.8. The van der Waals surface area contributed by atoms with Gasteiger partial charge in [-0.15, -0.1) is 4.36 Å². The van der Waals surface area contributed by atoms with Crippen LogP contribution in [0.15, 0.2) is 51.9 Å². The second kappa shape index (κ2) is 16.7. The number of hydrogen-bond acceptors (Lipinski definition) is 9. The molecule has 296 valence electrons. The molecule has 0 spiro atoms. The van der Waals surface area contributed by atoms with Crippen molar-refractivity contribution in [2.24, 2.45) is 4.36 Å². The minimum Gasteiger partial charge on any atom is -0.444 e. The van der Waals surface area contributed by atoms with Gasteiger partial charge in [0.2, 0.25) is 11.8 Å². The normalized spacial score (nSPS) is 13.4. The number of pyridine rings is 2. The minimum atomic E-state index is -4.88. The first-order chi connectivity index (χ1) is 24.8. The van der Waals surface area contributed by atoms with E-state index in [1.807, 2.05) is 13.8 Å². The van der Waals surface area contributed by atoms with E-state index >= 15 is 0 Å².